The van der Waals surface area contributed by atoms with Crippen molar-refractivity contribution < 1.29 is 8.83 Å². The van der Waals surface area contributed by atoms with Crippen LogP contribution in [0.1, 0.15) is 150 Å². The van der Waals surface area contributed by atoms with E-state index in [0.717, 1.165) is 55.4 Å². The Labute approximate surface area is 853 Å². The Bertz CT molecular complexity index is 9070. The number of hydrogen-bond acceptors (Lipinski definition) is 2. The lowest BCUT2D eigenvalue weighted by Crippen LogP contribution is -2.17. The highest BCUT2D eigenvalue weighted by molar-refractivity contribution is 6.22. The molecule has 0 fully saturated rings. The van der Waals surface area contributed by atoms with Gasteiger partial charge in [-0.05, 0) is 389 Å². The smallest absolute Gasteiger partial charge is 0.143 e. The zero-order valence-corrected chi connectivity index (χ0v) is 84.2. The Morgan fingerprint density at radius 2 is 0.315 bits per heavy atom. The van der Waals surface area contributed by atoms with Crippen molar-refractivity contribution in [1.82, 2.24) is 0 Å². The molecule has 146 heavy (non-hydrogen) atoms. The minimum atomic E-state index is -0.405. The van der Waals surface area contributed by atoms with Crippen molar-refractivity contribution in [2.75, 3.05) is 0 Å². The van der Waals surface area contributed by atoms with Gasteiger partial charge in [0.15, 0.2) is 0 Å². The summed E-state index contributed by atoms with van der Waals surface area (Å²) < 4.78 is 14.7. The van der Waals surface area contributed by atoms with Crippen molar-refractivity contribution in [2.24, 2.45) is 0 Å². The Morgan fingerprint density at radius 1 is 0.130 bits per heavy atom. The lowest BCUT2D eigenvalue weighted by atomic mass is 9.78. The fraction of sp³-hybridized carbons (Fsp3) is 0.125. The van der Waals surface area contributed by atoms with E-state index in [9.17, 15) is 0 Å². The molecule has 21 aromatic carbocycles. The molecule has 6 aliphatic carbocycles. The van der Waals surface area contributed by atoms with Crippen LogP contribution in [0.25, 0.3) is 244 Å². The van der Waals surface area contributed by atoms with Crippen molar-refractivity contribution >= 4 is 43.9 Å². The first-order valence-corrected chi connectivity index (χ1v) is 51.9. The molecule has 0 N–H and O–H groups in total. The predicted molar refractivity (Wildman–Crippen MR) is 612 cm³/mol. The number of fused-ring (bicyclic) bond motifs is 26. The average Bonchev–Trinajstić information content (AvgIpc) is 1.51. The van der Waals surface area contributed by atoms with Gasteiger partial charge in [0.2, 0.25) is 0 Å². The minimum absolute atomic E-state index is 0.254. The number of hydrogen-bond donors (Lipinski definition) is 0. The summed E-state index contributed by atoms with van der Waals surface area (Å²) in [5.74, 6) is 0. The summed E-state index contributed by atoms with van der Waals surface area (Å²) in [7, 11) is 0. The molecule has 0 radical (unpaired) electrons. The maximum absolute atomic E-state index is 7.35. The third kappa shape index (κ3) is 12.6. The van der Waals surface area contributed by atoms with E-state index in [2.05, 4.69) is 508 Å². The second-order valence-corrected chi connectivity index (χ2v) is 45.3. The molecule has 6 aliphatic rings. The summed E-state index contributed by atoms with van der Waals surface area (Å²) in [5, 5.41) is 4.64. The summed E-state index contributed by atoms with van der Waals surface area (Å²) in [6.45, 7) is 29.3. The van der Waals surface area contributed by atoms with Crippen LogP contribution in [-0.2, 0) is 32.5 Å². The molecule has 2 aromatic heterocycles. The van der Waals surface area contributed by atoms with E-state index in [-0.39, 0.29) is 21.7 Å². The highest BCUT2D eigenvalue weighted by Crippen LogP contribution is 2.65. The number of para-hydroxylation sites is 2. The summed E-state index contributed by atoms with van der Waals surface area (Å²) in [4.78, 5) is 0. The maximum atomic E-state index is 7.35. The summed E-state index contributed by atoms with van der Waals surface area (Å²) >= 11 is 0. The Hall–Kier alpha value is -16.8. The molecule has 0 spiro atoms. The van der Waals surface area contributed by atoms with Crippen molar-refractivity contribution in [2.45, 2.75) is 116 Å². The molecule has 2 heterocycles. The number of furan rings is 2. The van der Waals surface area contributed by atoms with E-state index in [4.69, 9.17) is 8.83 Å². The van der Waals surface area contributed by atoms with Crippen molar-refractivity contribution in [3.05, 3.63) is 491 Å². The van der Waals surface area contributed by atoms with E-state index < -0.39 is 10.8 Å². The van der Waals surface area contributed by atoms with Crippen LogP contribution in [0.3, 0.4) is 0 Å². The van der Waals surface area contributed by atoms with Crippen LogP contribution in [-0.4, -0.2) is 0 Å². The largest absolute Gasteiger partial charge is 0.455 e. The quantitative estimate of drug-likeness (QED) is 0.122. The van der Waals surface area contributed by atoms with Gasteiger partial charge in [0.25, 0.3) is 0 Å². The van der Waals surface area contributed by atoms with Crippen molar-refractivity contribution in [3.8, 4) is 200 Å². The molecule has 2 heteroatoms. The van der Waals surface area contributed by atoms with Gasteiger partial charge in [0.05, 0.1) is 0 Å². The first kappa shape index (κ1) is 85.9. The first-order valence-electron chi connectivity index (χ1n) is 51.9. The number of rotatable bonds is 12. The van der Waals surface area contributed by atoms with Crippen molar-refractivity contribution in [1.29, 1.82) is 0 Å². The molecule has 0 bridgehead atoms. The van der Waals surface area contributed by atoms with E-state index in [0.29, 0.717) is 0 Å². The van der Waals surface area contributed by atoms with Gasteiger partial charge >= 0.3 is 0 Å². The third-order valence-electron chi connectivity index (χ3n) is 35.0. The van der Waals surface area contributed by atoms with E-state index >= 15 is 0 Å². The van der Waals surface area contributed by atoms with Crippen LogP contribution >= 0.6 is 0 Å². The topological polar surface area (TPSA) is 26.3 Å². The second-order valence-electron chi connectivity index (χ2n) is 45.3. The van der Waals surface area contributed by atoms with Crippen molar-refractivity contribution in [3.63, 3.8) is 0 Å². The highest BCUT2D eigenvalue weighted by atomic mass is 16.3. The molecular formula is C144H106O2. The maximum Gasteiger partial charge on any atom is 0.143 e. The summed E-state index contributed by atoms with van der Waals surface area (Å²) in [6.07, 6.45) is 0. The first-order chi connectivity index (χ1) is 70.8. The van der Waals surface area contributed by atoms with E-state index in [1.54, 1.807) is 0 Å². The molecular weight excluding hydrogens is 1760 g/mol. The molecule has 694 valence electrons. The predicted octanol–water partition coefficient (Wildman–Crippen LogP) is 39.3. The van der Waals surface area contributed by atoms with E-state index in [1.807, 2.05) is 0 Å². The van der Waals surface area contributed by atoms with Gasteiger partial charge in [0.1, 0.15) is 22.3 Å². The van der Waals surface area contributed by atoms with Gasteiger partial charge < -0.3 is 8.83 Å². The van der Waals surface area contributed by atoms with Gasteiger partial charge in [-0.15, -0.1) is 0 Å². The van der Waals surface area contributed by atoms with Crippen LogP contribution in [0, 0.1) is 0 Å². The SMILES string of the molecule is CC1(C)c2cc(-c3cc(-c4ccccc4)cc(-c4cccc(-c5ccccc5)c4)c3)ccc2-c2ccc(-c3ccc4c(c3)C(C)(C)c3cc(-c5cc6c(c7c5oc5ccccc57)-c5cc7c(cc5C6(C)C)-c5c(cc(-c6ccc8c(c6)C(C)(C)c6cc(-c9ccc%10c(c9)C(C)(C)c9cc(-c%11cc(-c%12ccccc%12)cc(-c%12cccc(-c%13ccccc%13)c%12)c%11)ccc9-%10)ccc6-8)c6oc8ccccc8c56)C7(C)C)ccc3-4)cc21. The molecule has 23 aromatic rings. The third-order valence-corrected chi connectivity index (χ3v) is 35.0. The van der Waals surface area contributed by atoms with Crippen LogP contribution in [0.15, 0.2) is 433 Å². The van der Waals surface area contributed by atoms with Gasteiger partial charge in [-0.1, -0.05) is 374 Å². The fourth-order valence-electron chi connectivity index (χ4n) is 27.0. The van der Waals surface area contributed by atoms with Crippen LogP contribution in [0.5, 0.6) is 0 Å². The normalized spacial score (nSPS) is 15.0. The standard InChI is InChI=1S/C144H106O2/c1-139(2)119-71-91(47-55-105(119)109-59-51-95(75-123(109)139)103-67-99(85-35-21-15-22-36-85)65-101(69-103)89-41-29-39-87(63-89)83-31-17-13-18-32-83)93-49-57-107-111-61-53-97(77-125(111)141(5,6)121(107)73-93)115-79-129-133(135-113-43-25-27-45-131(113)145-137(115)135)117-81-128-118(82-127(117)143(129,9)10)134-130(144(128,11)12)80-116(138-136(134)114-44-26-28-46-132(114)146-138)98-54-62-112-108-58-50-94(74-122(108)142(7,8)126(112)78-98)92-48-56-106-110-60-52-96(76-124(110)140(3,4)120(106)72-92)104-68-100(86-37-23-16-24-38-86)66-102(70-104)90-42-30-40-88(64-90)84-33-19-14-20-34-84/h13-82H,1-12H3. The van der Waals surface area contributed by atoms with Gasteiger partial charge in [-0.25, -0.2) is 0 Å². The lowest BCUT2D eigenvalue weighted by Gasteiger charge is -2.25. The van der Waals surface area contributed by atoms with Crippen LogP contribution in [0.2, 0.25) is 0 Å². The summed E-state index contributed by atoms with van der Waals surface area (Å²) in [6, 6.07) is 161. The zero-order chi connectivity index (χ0) is 98.2. The van der Waals surface area contributed by atoms with Crippen LogP contribution < -0.4 is 0 Å². The molecule has 29 rings (SSSR count). The fourth-order valence-corrected chi connectivity index (χ4v) is 27.0. The summed E-state index contributed by atoms with van der Waals surface area (Å²) in [5.41, 5.74) is 62.1. The second kappa shape index (κ2) is 30.9. The Morgan fingerprint density at radius 3 is 0.596 bits per heavy atom. The lowest BCUT2D eigenvalue weighted by molar-refractivity contribution is 0.650. The molecule has 0 atom stereocenters. The average molecular weight is 1870 g/mol. The van der Waals surface area contributed by atoms with Gasteiger partial charge in [-0.2, -0.15) is 0 Å². The number of benzene rings is 21. The molecule has 0 saturated heterocycles. The highest BCUT2D eigenvalue weighted by Gasteiger charge is 2.48. The minimum Gasteiger partial charge on any atom is -0.455 e. The Balaban J connectivity index is 0.468. The van der Waals surface area contributed by atoms with Crippen LogP contribution in [0.4, 0.5) is 0 Å². The molecule has 0 aliphatic heterocycles. The molecule has 0 saturated carbocycles. The molecule has 2 nitrogen and oxygen atoms in total. The van der Waals surface area contributed by atoms with E-state index in [1.165, 1.54) is 256 Å². The molecule has 0 amide bonds. The monoisotopic (exact) mass is 1870 g/mol. The Kier molecular flexibility index (Phi) is 18.2. The zero-order valence-electron chi connectivity index (χ0n) is 84.2. The molecule has 0 unspecified atom stereocenters. The van der Waals surface area contributed by atoms with Gasteiger partial charge in [-0.3, -0.25) is 0 Å². The van der Waals surface area contributed by atoms with Gasteiger partial charge in [0, 0.05) is 65.2 Å².